The van der Waals surface area contributed by atoms with E-state index in [4.69, 9.17) is 34.8 Å². The fourth-order valence-electron chi connectivity index (χ4n) is 5.25. The maximum absolute atomic E-state index is 14.3. The lowest BCUT2D eigenvalue weighted by Crippen LogP contribution is -2.53. The molecule has 4 rings (SSSR count). The number of benzene rings is 3. The molecule has 1 aliphatic rings. The van der Waals surface area contributed by atoms with E-state index in [1.54, 1.807) is 61.5 Å². The topological polar surface area (TPSA) is 86.8 Å². The van der Waals surface area contributed by atoms with Crippen LogP contribution in [-0.2, 0) is 26.2 Å². The van der Waals surface area contributed by atoms with Gasteiger partial charge in [0.1, 0.15) is 12.6 Å². The summed E-state index contributed by atoms with van der Waals surface area (Å²) in [6, 6.07) is 16.9. The lowest BCUT2D eigenvalue weighted by atomic mass is 10.1. The highest BCUT2D eigenvalue weighted by molar-refractivity contribution is 7.92. The number of anilines is 1. The van der Waals surface area contributed by atoms with Gasteiger partial charge in [0.05, 0.1) is 10.6 Å². The molecule has 1 aliphatic carbocycles. The molecule has 3 aromatic carbocycles. The predicted molar refractivity (Wildman–Crippen MR) is 169 cm³/mol. The normalized spacial score (nSPS) is 14.4. The molecule has 1 fully saturated rings. The number of hydrogen-bond donors (Lipinski definition) is 1. The molecule has 1 saturated carbocycles. The number of aryl methyl sites for hydroxylation is 1. The summed E-state index contributed by atoms with van der Waals surface area (Å²) in [5.74, 6) is -0.828. The van der Waals surface area contributed by atoms with Crippen molar-refractivity contribution < 1.29 is 18.0 Å². The quantitative estimate of drug-likeness (QED) is 0.242. The zero-order valence-corrected chi connectivity index (χ0v) is 26.6. The second-order valence-electron chi connectivity index (χ2n) is 10.4. The average Bonchev–Trinajstić information content (AvgIpc) is 3.46. The van der Waals surface area contributed by atoms with Crippen molar-refractivity contribution in [3.63, 3.8) is 0 Å². The number of hydrogen-bond acceptors (Lipinski definition) is 4. The van der Waals surface area contributed by atoms with E-state index < -0.39 is 28.5 Å². The van der Waals surface area contributed by atoms with Crippen molar-refractivity contribution in [1.82, 2.24) is 10.2 Å². The van der Waals surface area contributed by atoms with Crippen LogP contribution in [0.15, 0.2) is 71.6 Å². The van der Waals surface area contributed by atoms with Crippen LogP contribution in [0.25, 0.3) is 0 Å². The van der Waals surface area contributed by atoms with Crippen molar-refractivity contribution in [2.75, 3.05) is 10.8 Å². The highest BCUT2D eigenvalue weighted by Crippen LogP contribution is 2.30. The Hall–Kier alpha value is -2.78. The Morgan fingerprint density at radius 3 is 2.21 bits per heavy atom. The number of carbonyl (C=O) groups excluding carboxylic acids is 2. The van der Waals surface area contributed by atoms with Gasteiger partial charge in [-0.1, -0.05) is 78.8 Å². The maximum Gasteiger partial charge on any atom is 0.264 e. The van der Waals surface area contributed by atoms with Crippen molar-refractivity contribution >= 4 is 62.3 Å². The standard InChI is InChI=1S/C31H34Cl3N3O4S/c1-3-28(31(39)35-25-9-7-8-10-25)36(19-22-13-14-24(33)18-27(22)34)30(38)20-37(29-16-15-23(32)17-21(29)2)42(40,41)26-11-5-4-6-12-26/h4-6,11-18,25,28H,3,7-10,19-20H2,1-2H3,(H,35,39)/t28-/m1/s1. The highest BCUT2D eigenvalue weighted by Gasteiger charge is 2.35. The van der Waals surface area contributed by atoms with Crippen molar-refractivity contribution in [2.24, 2.45) is 0 Å². The van der Waals surface area contributed by atoms with Crippen LogP contribution < -0.4 is 9.62 Å². The van der Waals surface area contributed by atoms with Gasteiger partial charge in [0.2, 0.25) is 11.8 Å². The SMILES string of the molecule is CC[C@H](C(=O)NC1CCCC1)N(Cc1ccc(Cl)cc1Cl)C(=O)CN(c1ccc(Cl)cc1C)S(=O)(=O)c1ccccc1. The average molecular weight is 651 g/mol. The number of nitrogens with zero attached hydrogens (tertiary/aromatic N) is 2. The van der Waals surface area contributed by atoms with Crippen LogP contribution in [0.1, 0.15) is 50.2 Å². The third-order valence-electron chi connectivity index (χ3n) is 7.48. The molecule has 0 heterocycles. The zero-order chi connectivity index (χ0) is 30.4. The van der Waals surface area contributed by atoms with Crippen LogP contribution in [-0.4, -0.2) is 43.8 Å². The van der Waals surface area contributed by atoms with Gasteiger partial charge in [0.15, 0.2) is 0 Å². The van der Waals surface area contributed by atoms with E-state index in [9.17, 15) is 18.0 Å². The van der Waals surface area contributed by atoms with Crippen LogP contribution in [0.3, 0.4) is 0 Å². The third kappa shape index (κ3) is 7.59. The summed E-state index contributed by atoms with van der Waals surface area (Å²) in [6.07, 6.45) is 4.17. The van der Waals surface area contributed by atoms with Gasteiger partial charge in [-0.25, -0.2) is 8.42 Å². The van der Waals surface area contributed by atoms with E-state index in [1.807, 2.05) is 6.92 Å². The summed E-state index contributed by atoms with van der Waals surface area (Å²) >= 11 is 18.8. The maximum atomic E-state index is 14.3. The van der Waals surface area contributed by atoms with Gasteiger partial charge in [-0.3, -0.25) is 13.9 Å². The van der Waals surface area contributed by atoms with E-state index in [-0.39, 0.29) is 23.4 Å². The molecule has 0 spiro atoms. The van der Waals surface area contributed by atoms with Crippen molar-refractivity contribution in [3.05, 3.63) is 92.9 Å². The molecule has 0 radical (unpaired) electrons. The first-order valence-corrected chi connectivity index (χ1v) is 16.5. The van der Waals surface area contributed by atoms with Gasteiger partial charge in [0, 0.05) is 27.7 Å². The summed E-state index contributed by atoms with van der Waals surface area (Å²) in [7, 11) is -4.18. The molecule has 224 valence electrons. The largest absolute Gasteiger partial charge is 0.352 e. The van der Waals surface area contributed by atoms with Crippen LogP contribution in [0, 0.1) is 6.92 Å². The molecule has 1 atom stereocenters. The highest BCUT2D eigenvalue weighted by atomic mass is 35.5. The zero-order valence-electron chi connectivity index (χ0n) is 23.5. The summed E-state index contributed by atoms with van der Waals surface area (Å²) in [4.78, 5) is 29.3. The van der Waals surface area contributed by atoms with E-state index >= 15 is 0 Å². The number of carbonyl (C=O) groups is 2. The van der Waals surface area contributed by atoms with Gasteiger partial charge in [0.25, 0.3) is 10.0 Å². The Bertz CT molecular complexity index is 1530. The number of sulfonamides is 1. The number of amides is 2. The second kappa shape index (κ2) is 14.1. The number of nitrogens with one attached hydrogen (secondary N) is 1. The molecule has 0 aromatic heterocycles. The molecular formula is C31H34Cl3N3O4S. The molecular weight excluding hydrogens is 617 g/mol. The smallest absolute Gasteiger partial charge is 0.264 e. The number of rotatable bonds is 11. The van der Waals surface area contributed by atoms with Gasteiger partial charge in [-0.15, -0.1) is 0 Å². The second-order valence-corrected chi connectivity index (χ2v) is 13.6. The monoisotopic (exact) mass is 649 g/mol. The molecule has 0 bridgehead atoms. The lowest BCUT2D eigenvalue weighted by Gasteiger charge is -2.34. The lowest BCUT2D eigenvalue weighted by molar-refractivity contribution is -0.140. The Kier molecular flexibility index (Phi) is 10.8. The Morgan fingerprint density at radius 1 is 0.952 bits per heavy atom. The first kappa shape index (κ1) is 32.1. The van der Waals surface area contributed by atoms with Crippen molar-refractivity contribution in [2.45, 2.75) is 69.5 Å². The van der Waals surface area contributed by atoms with E-state index in [2.05, 4.69) is 5.32 Å². The first-order valence-electron chi connectivity index (χ1n) is 13.9. The summed E-state index contributed by atoms with van der Waals surface area (Å²) in [5.41, 5.74) is 1.47. The van der Waals surface area contributed by atoms with Gasteiger partial charge >= 0.3 is 0 Å². The molecule has 3 aromatic rings. The third-order valence-corrected chi connectivity index (χ3v) is 10.1. The molecule has 2 amide bonds. The molecule has 7 nitrogen and oxygen atoms in total. The summed E-state index contributed by atoms with van der Waals surface area (Å²) in [6.45, 7) is 3.00. The van der Waals surface area contributed by atoms with Crippen LogP contribution in [0.5, 0.6) is 0 Å². The Morgan fingerprint density at radius 2 is 1.60 bits per heavy atom. The van der Waals surface area contributed by atoms with E-state index in [0.29, 0.717) is 38.3 Å². The fraction of sp³-hybridized carbons (Fsp3) is 0.355. The summed E-state index contributed by atoms with van der Waals surface area (Å²) in [5, 5.41) is 4.31. The van der Waals surface area contributed by atoms with Crippen LogP contribution in [0.2, 0.25) is 15.1 Å². The Balaban J connectivity index is 1.75. The minimum absolute atomic E-state index is 0.00967. The van der Waals surface area contributed by atoms with Gasteiger partial charge < -0.3 is 10.2 Å². The predicted octanol–water partition coefficient (Wildman–Crippen LogP) is 7.02. The van der Waals surface area contributed by atoms with Crippen molar-refractivity contribution in [1.29, 1.82) is 0 Å². The minimum Gasteiger partial charge on any atom is -0.352 e. The van der Waals surface area contributed by atoms with Gasteiger partial charge in [-0.05, 0) is 79.8 Å². The van der Waals surface area contributed by atoms with Crippen LogP contribution >= 0.6 is 34.8 Å². The van der Waals surface area contributed by atoms with Crippen LogP contribution in [0.4, 0.5) is 5.69 Å². The molecule has 0 saturated heterocycles. The summed E-state index contributed by atoms with van der Waals surface area (Å²) < 4.78 is 29.1. The minimum atomic E-state index is -4.18. The molecule has 42 heavy (non-hydrogen) atoms. The van der Waals surface area contributed by atoms with Crippen molar-refractivity contribution in [3.8, 4) is 0 Å². The Labute approximate surface area is 262 Å². The van der Waals surface area contributed by atoms with Gasteiger partial charge in [-0.2, -0.15) is 0 Å². The molecule has 0 unspecified atom stereocenters. The number of halogens is 3. The fourth-order valence-corrected chi connectivity index (χ4v) is 7.45. The molecule has 0 aliphatic heterocycles. The van der Waals surface area contributed by atoms with E-state index in [1.165, 1.54) is 17.0 Å². The molecule has 1 N–H and O–H groups in total. The first-order chi connectivity index (χ1) is 20.0. The van der Waals surface area contributed by atoms with E-state index in [0.717, 1.165) is 30.0 Å². The molecule has 11 heteroatoms.